The topological polar surface area (TPSA) is 363 Å². The zero-order valence-corrected chi connectivity index (χ0v) is 61.0. The van der Waals surface area contributed by atoms with Crippen LogP contribution in [-0.2, 0) is 83.5 Å². The van der Waals surface area contributed by atoms with Gasteiger partial charge in [-0.15, -0.1) is 0 Å². The zero-order chi connectivity index (χ0) is 74.5. The van der Waals surface area contributed by atoms with Crippen LogP contribution in [0, 0.1) is 11.6 Å². The Balaban J connectivity index is 1.05. The number of unbranched alkanes of at least 4 members (excludes halogenated alkanes) is 5. The van der Waals surface area contributed by atoms with Gasteiger partial charge in [0.05, 0.1) is 19.8 Å². The summed E-state index contributed by atoms with van der Waals surface area (Å²) in [4.78, 5) is 155. The predicted molar refractivity (Wildman–Crippen MR) is 394 cm³/mol. The second-order valence-corrected chi connectivity index (χ2v) is 29.3. The lowest BCUT2D eigenvalue weighted by molar-refractivity contribution is -0.147. The van der Waals surface area contributed by atoms with Crippen LogP contribution < -0.4 is 53.4 Å². The number of hydrogen-bond donors (Lipinski definition) is 11. The second-order valence-electron chi connectivity index (χ2n) is 27.1. The first-order valence-electron chi connectivity index (χ1n) is 35.7. The summed E-state index contributed by atoms with van der Waals surface area (Å²) in [6, 6.07) is 13.4. The summed E-state index contributed by atoms with van der Waals surface area (Å²) in [7, 11) is 1.50. The summed E-state index contributed by atoms with van der Waals surface area (Å²) in [5, 5.41) is 20.3. The van der Waals surface area contributed by atoms with Crippen molar-refractivity contribution >= 4 is 104 Å². The summed E-state index contributed by atoms with van der Waals surface area (Å²) < 4.78 is 41.9. The van der Waals surface area contributed by atoms with Gasteiger partial charge in [0.2, 0.25) is 59.1 Å². The standard InChI is InChI=1S/C75H97F2N13O12S2/c1-5-6-7-8-11-29-102-54-37-64-71(97)82-40-66(92)85-61(32-46-17-21-53(101-4)22-18-46)73(99)90-28-13-26-75(90,3)74(100)88-63(67(79)93)44-104-43-48-15-12-14-47(31-48)42-103-30-25-65(91)84-59(16-9-10-27-78)69(95)83-45(2)68(94)86-60(33-49-38-80-57-23-19-51(76)35-55(49)57)70(96)87-62(72(98)89(64)41-54)34-50-39-81-58-24-20-52(77)36-56(50)58/h12,14-15,17-24,31,35-36,38-39,45,54,59-64,80-81H,5-11,13,16,25-30,32-34,37,40-44,78H2,1-4H3,(H2,79,93)(H,82,97)(H,83,95)(H,84,91)(H,85,92)(H,86,94)(H,87,96)(H,88,100)/t45-,54+,59+,60+,61+,62+,63+,64+,75+/m1/s1. The minimum atomic E-state index is -1.57. The van der Waals surface area contributed by atoms with E-state index in [4.69, 9.17) is 20.9 Å². The lowest BCUT2D eigenvalue weighted by Gasteiger charge is -2.37. The molecule has 29 heteroatoms. The van der Waals surface area contributed by atoms with Crippen LogP contribution in [0.25, 0.3) is 21.8 Å². The Bertz CT molecular complexity index is 4010. The molecule has 3 aliphatic rings. The van der Waals surface area contributed by atoms with Gasteiger partial charge in [-0.3, -0.25) is 47.9 Å². The number of aromatic nitrogens is 2. The quantitative estimate of drug-likeness (QED) is 0.0444. The van der Waals surface area contributed by atoms with E-state index in [1.165, 1.54) is 83.8 Å². The van der Waals surface area contributed by atoms with Gasteiger partial charge in [-0.25, -0.2) is 8.78 Å². The molecule has 5 heterocycles. The van der Waals surface area contributed by atoms with Gasteiger partial charge in [-0.1, -0.05) is 69.0 Å². The van der Waals surface area contributed by atoms with Gasteiger partial charge in [-0.2, -0.15) is 23.5 Å². The first kappa shape index (κ1) is 79.1. The molecule has 9 rings (SSSR count). The predicted octanol–water partition coefficient (Wildman–Crippen LogP) is 5.53. The number of nitrogens with one attached hydrogen (secondary N) is 9. The Labute approximate surface area is 612 Å². The molecule has 0 spiro atoms. The molecule has 0 saturated carbocycles. The molecular formula is C75H97F2N13O12S2. The average Bonchev–Trinajstić information content (AvgIpc) is 1.61. The van der Waals surface area contributed by atoms with Crippen LogP contribution in [0.3, 0.4) is 0 Å². The highest BCUT2D eigenvalue weighted by Crippen LogP contribution is 2.32. The molecule has 2 aromatic heterocycles. The van der Waals surface area contributed by atoms with Gasteiger partial charge in [0, 0.05) is 109 Å². The molecule has 2 saturated heterocycles. The third-order valence-electron chi connectivity index (χ3n) is 19.3. The Morgan fingerprint density at radius 1 is 0.673 bits per heavy atom. The summed E-state index contributed by atoms with van der Waals surface area (Å²) >= 11 is 2.87. The second kappa shape index (κ2) is 38.1. The van der Waals surface area contributed by atoms with E-state index < -0.39 is 131 Å². The number of nitrogens with zero attached hydrogens (tertiary/aromatic N) is 2. The normalized spacial score (nSPS) is 23.8. The first-order chi connectivity index (χ1) is 50.0. The molecule has 4 aromatic carbocycles. The number of benzene rings is 4. The number of primary amides is 1. The maximum atomic E-state index is 15.8. The van der Waals surface area contributed by atoms with Gasteiger partial charge >= 0.3 is 0 Å². The molecule has 3 aliphatic heterocycles. The van der Waals surface area contributed by atoms with Crippen LogP contribution in [0.4, 0.5) is 8.78 Å². The van der Waals surface area contributed by atoms with E-state index in [-0.39, 0.29) is 70.4 Å². The van der Waals surface area contributed by atoms with Crippen LogP contribution in [0.5, 0.6) is 5.75 Å². The molecule has 0 radical (unpaired) electrons. The minimum Gasteiger partial charge on any atom is -0.497 e. The SMILES string of the molecule is CCCCCCCO[C@H]1C[C@H]2C(=O)NCC(=O)N[C@@H](Cc3ccc(OC)cc3)C(=O)N3CCC[C@@]3(C)C(=O)N[C@H](C(N)=O)CSCc3cccc(c3)CSCCC(=O)N[C@@H](CCCCN)C(=O)N[C@H](C)C(=O)N[C@@H](Cc3c[nH]c4ccc(F)cc34)C(=O)N[C@@H](Cc3c[nH]c4ccc(F)cc34)C(=O)N2C1. The number of H-pyrrole nitrogens is 2. The van der Waals surface area contributed by atoms with Gasteiger partial charge in [0.1, 0.15) is 65.2 Å². The van der Waals surface area contributed by atoms with Crippen molar-refractivity contribution in [1.29, 1.82) is 0 Å². The number of amides is 10. The number of ether oxygens (including phenoxy) is 2. The summed E-state index contributed by atoms with van der Waals surface area (Å²) in [6.07, 6.45) is 8.05. The van der Waals surface area contributed by atoms with Crippen LogP contribution in [-0.4, -0.2) is 184 Å². The van der Waals surface area contributed by atoms with Gasteiger partial charge in [0.15, 0.2) is 0 Å². The molecule has 25 nitrogen and oxygen atoms in total. The largest absolute Gasteiger partial charge is 0.497 e. The highest BCUT2D eigenvalue weighted by molar-refractivity contribution is 7.98. The smallest absolute Gasteiger partial charge is 0.246 e. The monoisotopic (exact) mass is 1470 g/mol. The molecule has 2 bridgehead atoms. The van der Waals surface area contributed by atoms with Crippen molar-refractivity contribution in [3.8, 4) is 5.75 Å². The van der Waals surface area contributed by atoms with Crippen molar-refractivity contribution in [2.75, 3.05) is 51.4 Å². The van der Waals surface area contributed by atoms with E-state index in [1.54, 1.807) is 43.6 Å². The lowest BCUT2D eigenvalue weighted by atomic mass is 9.95. The minimum absolute atomic E-state index is 0.0390. The molecular weight excluding hydrogens is 1380 g/mol. The number of halogens is 2. The highest BCUT2D eigenvalue weighted by atomic mass is 32.2. The third kappa shape index (κ3) is 21.5. The van der Waals surface area contributed by atoms with Gasteiger partial charge in [0.25, 0.3) is 0 Å². The Kier molecular flexibility index (Phi) is 29.0. The molecule has 560 valence electrons. The van der Waals surface area contributed by atoms with Gasteiger partial charge in [-0.05, 0) is 135 Å². The van der Waals surface area contributed by atoms with Crippen molar-refractivity contribution in [2.45, 2.75) is 183 Å². The van der Waals surface area contributed by atoms with Crippen molar-refractivity contribution in [3.05, 3.63) is 137 Å². The molecule has 2 fully saturated rings. The number of carbonyl (C=O) groups is 10. The molecule has 104 heavy (non-hydrogen) atoms. The average molecular weight is 1470 g/mol. The molecule has 10 amide bonds. The molecule has 6 aromatic rings. The van der Waals surface area contributed by atoms with Crippen molar-refractivity contribution in [3.63, 3.8) is 0 Å². The number of methoxy groups -OCH3 is 1. The maximum Gasteiger partial charge on any atom is 0.246 e. The Hall–Kier alpha value is -9.06. The van der Waals surface area contributed by atoms with E-state index in [9.17, 15) is 33.6 Å². The van der Waals surface area contributed by atoms with E-state index in [1.807, 2.05) is 24.3 Å². The van der Waals surface area contributed by atoms with E-state index in [0.717, 1.165) is 36.8 Å². The maximum absolute atomic E-state index is 15.8. The van der Waals surface area contributed by atoms with E-state index >= 15 is 23.2 Å². The van der Waals surface area contributed by atoms with Crippen LogP contribution >= 0.6 is 23.5 Å². The number of rotatable bonds is 19. The van der Waals surface area contributed by atoms with Crippen molar-refractivity contribution in [1.82, 2.24) is 57.0 Å². The number of hydrogen-bond acceptors (Lipinski definition) is 15. The van der Waals surface area contributed by atoms with Crippen LogP contribution in [0.1, 0.15) is 126 Å². The third-order valence-corrected chi connectivity index (χ3v) is 21.5. The molecule has 13 N–H and O–H groups in total. The van der Waals surface area contributed by atoms with E-state index in [2.05, 4.69) is 54.1 Å². The fraction of sp³-hybridized carbons (Fsp3) is 0.493. The number of nitrogens with two attached hydrogens (primary N) is 2. The molecule has 0 unspecified atom stereocenters. The van der Waals surface area contributed by atoms with Crippen LogP contribution in [0.15, 0.2) is 97.3 Å². The number of carbonyl (C=O) groups excluding carboxylic acids is 10. The van der Waals surface area contributed by atoms with Crippen molar-refractivity contribution < 1.29 is 66.2 Å². The number of aromatic amines is 2. The fourth-order valence-electron chi connectivity index (χ4n) is 13.5. The highest BCUT2D eigenvalue weighted by Gasteiger charge is 2.49. The Morgan fingerprint density at radius 3 is 1.97 bits per heavy atom. The first-order valence-corrected chi connectivity index (χ1v) is 38.0. The summed E-state index contributed by atoms with van der Waals surface area (Å²) in [5.41, 5.74) is 14.5. The molecule has 0 aliphatic carbocycles. The zero-order valence-electron chi connectivity index (χ0n) is 59.3. The van der Waals surface area contributed by atoms with Crippen LogP contribution in [0.2, 0.25) is 0 Å². The lowest BCUT2D eigenvalue weighted by Crippen LogP contribution is -2.62. The van der Waals surface area contributed by atoms with Gasteiger partial charge < -0.3 is 77.9 Å². The summed E-state index contributed by atoms with van der Waals surface area (Å²) in [5.74, 6) is -6.45. The summed E-state index contributed by atoms with van der Waals surface area (Å²) in [6.45, 7) is 4.96. The number of fused-ring (bicyclic) bond motifs is 6. The van der Waals surface area contributed by atoms with E-state index in [0.29, 0.717) is 93.7 Å². The van der Waals surface area contributed by atoms with Crippen molar-refractivity contribution in [2.24, 2.45) is 11.5 Å². The Morgan fingerprint density at radius 2 is 1.31 bits per heavy atom. The fourth-order valence-corrected chi connectivity index (χ4v) is 15.4. The number of thioether (sulfide) groups is 2. The molecule has 9 atom stereocenters.